The number of aryl methyl sites for hydroxylation is 1. The van der Waals surface area contributed by atoms with E-state index < -0.39 is 0 Å². The molecule has 0 aliphatic carbocycles. The monoisotopic (exact) mass is 257 g/mol. The highest BCUT2D eigenvalue weighted by Gasteiger charge is 2.06. The first-order valence-corrected chi connectivity index (χ1v) is 5.78. The summed E-state index contributed by atoms with van der Waals surface area (Å²) < 4.78 is 4.68. The lowest BCUT2D eigenvalue weighted by Gasteiger charge is -2.08. The third-order valence-corrected chi connectivity index (χ3v) is 2.68. The number of anilines is 3. The summed E-state index contributed by atoms with van der Waals surface area (Å²) in [5.41, 5.74) is 8.37. The summed E-state index contributed by atoms with van der Waals surface area (Å²) in [5, 5.41) is 3.12. The SMILES string of the molecule is COC(=O)c1cccc(Nc2ccc(N)c(C)n2)c1. The zero-order chi connectivity index (χ0) is 13.8. The lowest BCUT2D eigenvalue weighted by atomic mass is 10.2. The van der Waals surface area contributed by atoms with Crippen LogP contribution in [0.1, 0.15) is 16.1 Å². The Morgan fingerprint density at radius 2 is 2.11 bits per heavy atom. The molecule has 19 heavy (non-hydrogen) atoms. The van der Waals surface area contributed by atoms with Gasteiger partial charge in [0.1, 0.15) is 5.82 Å². The number of nitrogens with one attached hydrogen (secondary N) is 1. The topological polar surface area (TPSA) is 77.2 Å². The Morgan fingerprint density at radius 3 is 2.79 bits per heavy atom. The summed E-state index contributed by atoms with van der Waals surface area (Å²) >= 11 is 0. The number of ether oxygens (including phenoxy) is 1. The summed E-state index contributed by atoms with van der Waals surface area (Å²) in [7, 11) is 1.35. The molecule has 0 amide bonds. The average Bonchev–Trinajstić information content (AvgIpc) is 2.42. The Hall–Kier alpha value is -2.56. The molecule has 3 N–H and O–H groups in total. The molecule has 98 valence electrons. The maximum atomic E-state index is 11.4. The predicted octanol–water partition coefficient (Wildman–Crippen LogP) is 2.50. The van der Waals surface area contributed by atoms with Gasteiger partial charge in [-0.2, -0.15) is 0 Å². The van der Waals surface area contributed by atoms with Crippen molar-refractivity contribution in [3.63, 3.8) is 0 Å². The van der Waals surface area contributed by atoms with Gasteiger partial charge in [-0.25, -0.2) is 9.78 Å². The minimum atomic E-state index is -0.370. The second-order valence-corrected chi connectivity index (χ2v) is 4.07. The molecule has 0 atom stereocenters. The largest absolute Gasteiger partial charge is 0.465 e. The standard InChI is InChI=1S/C14H15N3O2/c1-9-12(15)6-7-13(16-9)17-11-5-3-4-10(8-11)14(18)19-2/h3-8H,15H2,1-2H3,(H,16,17). The van der Waals surface area contributed by atoms with Gasteiger partial charge in [0.2, 0.25) is 0 Å². The number of pyridine rings is 1. The number of esters is 1. The van der Waals surface area contributed by atoms with Gasteiger partial charge in [-0.3, -0.25) is 0 Å². The first-order valence-electron chi connectivity index (χ1n) is 5.78. The van der Waals surface area contributed by atoms with Crippen LogP contribution < -0.4 is 11.1 Å². The van der Waals surface area contributed by atoms with Crippen molar-refractivity contribution in [3.8, 4) is 0 Å². The number of carbonyl (C=O) groups is 1. The summed E-state index contributed by atoms with van der Waals surface area (Å²) in [6, 6.07) is 10.6. The lowest BCUT2D eigenvalue weighted by Crippen LogP contribution is -2.02. The molecule has 1 heterocycles. The van der Waals surface area contributed by atoms with Gasteiger partial charge in [0.25, 0.3) is 0 Å². The molecular weight excluding hydrogens is 242 g/mol. The van der Waals surface area contributed by atoms with Gasteiger partial charge in [0.15, 0.2) is 0 Å². The van der Waals surface area contributed by atoms with Crippen LogP contribution in [0.3, 0.4) is 0 Å². The van der Waals surface area contributed by atoms with Crippen LogP contribution in [0, 0.1) is 6.92 Å². The molecule has 2 rings (SSSR count). The van der Waals surface area contributed by atoms with Crippen molar-refractivity contribution in [1.29, 1.82) is 0 Å². The molecule has 1 aromatic carbocycles. The number of nitrogen functional groups attached to an aromatic ring is 1. The van der Waals surface area contributed by atoms with Crippen LogP contribution in [0.15, 0.2) is 36.4 Å². The molecule has 0 aliphatic heterocycles. The van der Waals surface area contributed by atoms with Gasteiger partial charge < -0.3 is 15.8 Å². The van der Waals surface area contributed by atoms with Gasteiger partial charge in [0.05, 0.1) is 24.1 Å². The van der Waals surface area contributed by atoms with Gasteiger partial charge in [-0.15, -0.1) is 0 Å². The Kier molecular flexibility index (Phi) is 3.66. The van der Waals surface area contributed by atoms with Crippen LogP contribution in [-0.2, 0) is 4.74 Å². The summed E-state index contributed by atoms with van der Waals surface area (Å²) in [6.45, 7) is 1.84. The molecule has 5 nitrogen and oxygen atoms in total. The highest BCUT2D eigenvalue weighted by atomic mass is 16.5. The van der Waals surface area contributed by atoms with Crippen molar-refractivity contribution in [2.75, 3.05) is 18.2 Å². The maximum absolute atomic E-state index is 11.4. The van der Waals surface area contributed by atoms with E-state index in [4.69, 9.17) is 5.73 Å². The van der Waals surface area contributed by atoms with E-state index in [1.54, 1.807) is 30.3 Å². The van der Waals surface area contributed by atoms with E-state index >= 15 is 0 Å². The number of hydrogen-bond donors (Lipinski definition) is 2. The number of nitrogens with two attached hydrogens (primary N) is 1. The van der Waals surface area contributed by atoms with E-state index in [9.17, 15) is 4.79 Å². The lowest BCUT2D eigenvalue weighted by molar-refractivity contribution is 0.0601. The number of nitrogens with zero attached hydrogens (tertiary/aromatic N) is 1. The molecule has 0 radical (unpaired) electrons. The van der Waals surface area contributed by atoms with E-state index in [2.05, 4.69) is 15.0 Å². The molecule has 0 unspecified atom stereocenters. The zero-order valence-corrected chi connectivity index (χ0v) is 10.8. The zero-order valence-electron chi connectivity index (χ0n) is 10.8. The molecule has 2 aromatic rings. The van der Waals surface area contributed by atoms with E-state index in [-0.39, 0.29) is 5.97 Å². The van der Waals surface area contributed by atoms with E-state index in [1.165, 1.54) is 7.11 Å². The number of carbonyl (C=O) groups excluding carboxylic acids is 1. The van der Waals surface area contributed by atoms with Crippen molar-refractivity contribution in [3.05, 3.63) is 47.7 Å². The van der Waals surface area contributed by atoms with Crippen LogP contribution in [-0.4, -0.2) is 18.1 Å². The predicted molar refractivity (Wildman–Crippen MR) is 74.5 cm³/mol. The molecular formula is C14H15N3O2. The van der Waals surface area contributed by atoms with Crippen molar-refractivity contribution in [1.82, 2.24) is 4.98 Å². The fraction of sp³-hybridized carbons (Fsp3) is 0.143. The fourth-order valence-electron chi connectivity index (χ4n) is 1.63. The first kappa shape index (κ1) is 12.9. The first-order chi connectivity index (χ1) is 9.10. The number of rotatable bonds is 3. The van der Waals surface area contributed by atoms with E-state index in [1.807, 2.05) is 13.0 Å². The molecule has 0 bridgehead atoms. The Labute approximate surface area is 111 Å². The molecule has 0 fully saturated rings. The molecule has 0 spiro atoms. The molecule has 5 heteroatoms. The van der Waals surface area contributed by atoms with Crippen LogP contribution in [0.25, 0.3) is 0 Å². The third-order valence-electron chi connectivity index (χ3n) is 2.68. The minimum Gasteiger partial charge on any atom is -0.465 e. The second-order valence-electron chi connectivity index (χ2n) is 4.07. The number of aromatic nitrogens is 1. The summed E-state index contributed by atoms with van der Waals surface area (Å²) in [5.74, 6) is 0.304. The second kappa shape index (κ2) is 5.39. The van der Waals surface area contributed by atoms with Gasteiger partial charge in [0, 0.05) is 5.69 Å². The van der Waals surface area contributed by atoms with Gasteiger partial charge in [-0.1, -0.05) is 6.07 Å². The van der Waals surface area contributed by atoms with Crippen LogP contribution in [0.2, 0.25) is 0 Å². The number of benzene rings is 1. The van der Waals surface area contributed by atoms with Crippen LogP contribution in [0.5, 0.6) is 0 Å². The number of methoxy groups -OCH3 is 1. The van der Waals surface area contributed by atoms with Gasteiger partial charge in [-0.05, 0) is 37.3 Å². The Morgan fingerprint density at radius 1 is 1.32 bits per heavy atom. The quantitative estimate of drug-likeness (QED) is 0.826. The van der Waals surface area contributed by atoms with Crippen molar-refractivity contribution >= 4 is 23.2 Å². The summed E-state index contributed by atoms with van der Waals surface area (Å²) in [6.07, 6.45) is 0. The van der Waals surface area contributed by atoms with Crippen molar-refractivity contribution in [2.45, 2.75) is 6.92 Å². The van der Waals surface area contributed by atoms with Gasteiger partial charge >= 0.3 is 5.97 Å². The van der Waals surface area contributed by atoms with Crippen molar-refractivity contribution < 1.29 is 9.53 Å². The Balaban J connectivity index is 2.23. The smallest absolute Gasteiger partial charge is 0.337 e. The van der Waals surface area contributed by atoms with Crippen LogP contribution in [0.4, 0.5) is 17.2 Å². The van der Waals surface area contributed by atoms with E-state index in [0.717, 1.165) is 11.4 Å². The molecule has 1 aromatic heterocycles. The third kappa shape index (κ3) is 3.01. The fourth-order valence-corrected chi connectivity index (χ4v) is 1.63. The highest BCUT2D eigenvalue weighted by Crippen LogP contribution is 2.18. The number of hydrogen-bond acceptors (Lipinski definition) is 5. The molecule has 0 saturated carbocycles. The normalized spacial score (nSPS) is 10.0. The van der Waals surface area contributed by atoms with Crippen LogP contribution >= 0.6 is 0 Å². The maximum Gasteiger partial charge on any atom is 0.337 e. The molecule has 0 saturated heterocycles. The molecule has 0 aliphatic rings. The average molecular weight is 257 g/mol. The van der Waals surface area contributed by atoms with Crippen molar-refractivity contribution in [2.24, 2.45) is 0 Å². The minimum absolute atomic E-state index is 0.370. The Bertz CT molecular complexity index is 611. The highest BCUT2D eigenvalue weighted by molar-refractivity contribution is 5.90. The van der Waals surface area contributed by atoms with E-state index in [0.29, 0.717) is 17.1 Å². The summed E-state index contributed by atoms with van der Waals surface area (Å²) in [4.78, 5) is 15.7.